The molecular weight excluding hydrogens is 386 g/mol. The van der Waals surface area contributed by atoms with E-state index in [9.17, 15) is 4.79 Å². The minimum Gasteiger partial charge on any atom is -0.489 e. The van der Waals surface area contributed by atoms with Gasteiger partial charge in [0, 0.05) is 0 Å². The number of anilines is 1. The number of para-hydroxylation sites is 2. The molecule has 0 saturated heterocycles. The summed E-state index contributed by atoms with van der Waals surface area (Å²) < 4.78 is 11.3. The predicted molar refractivity (Wildman–Crippen MR) is 106 cm³/mol. The fourth-order valence-electron chi connectivity index (χ4n) is 2.25. The summed E-state index contributed by atoms with van der Waals surface area (Å²) in [6.45, 7) is 3.86. The Morgan fingerprint density at radius 1 is 1.19 bits per heavy atom. The number of halogens is 1. The molecule has 6 nitrogen and oxygen atoms in total. The first kappa shape index (κ1) is 19.3. The average Bonchev–Trinajstić information content (AvgIpc) is 3.10. The summed E-state index contributed by atoms with van der Waals surface area (Å²) in [5.74, 6) is 0.876. The van der Waals surface area contributed by atoms with E-state index in [1.54, 1.807) is 18.2 Å². The summed E-state index contributed by atoms with van der Waals surface area (Å²) in [7, 11) is 0. The zero-order chi connectivity index (χ0) is 19.2. The Bertz CT molecular complexity index is 930. The molecule has 1 aromatic heterocycles. The van der Waals surface area contributed by atoms with Gasteiger partial charge in [0.15, 0.2) is 0 Å². The molecule has 1 amide bonds. The van der Waals surface area contributed by atoms with E-state index in [0.717, 1.165) is 11.8 Å². The van der Waals surface area contributed by atoms with Crippen LogP contribution in [0.4, 0.5) is 5.69 Å². The molecule has 27 heavy (non-hydrogen) atoms. The van der Waals surface area contributed by atoms with Gasteiger partial charge in [-0.15, -0.1) is 10.2 Å². The normalized spacial score (nSPS) is 10.8. The van der Waals surface area contributed by atoms with E-state index in [1.807, 2.05) is 44.2 Å². The Morgan fingerprint density at radius 3 is 2.70 bits per heavy atom. The van der Waals surface area contributed by atoms with Crippen LogP contribution in [0, 0.1) is 0 Å². The number of aromatic nitrogens is 2. The van der Waals surface area contributed by atoms with Crippen LogP contribution in [0.3, 0.4) is 0 Å². The maximum Gasteiger partial charge on any atom is 0.277 e. The molecule has 2 aromatic carbocycles. The molecule has 3 aromatic rings. The van der Waals surface area contributed by atoms with Crippen molar-refractivity contribution in [2.75, 3.05) is 11.1 Å². The van der Waals surface area contributed by atoms with Gasteiger partial charge >= 0.3 is 0 Å². The molecule has 1 N–H and O–H groups in total. The SMILES string of the molecule is CC(C)Oc1ccccc1NC(=O)CSc1nnc(-c2ccccc2Cl)o1. The molecule has 0 fully saturated rings. The second kappa shape index (κ2) is 8.92. The fraction of sp³-hybridized carbons (Fsp3) is 0.211. The number of nitrogens with zero attached hydrogens (tertiary/aromatic N) is 2. The molecule has 8 heteroatoms. The van der Waals surface area contributed by atoms with Crippen molar-refractivity contribution in [3.8, 4) is 17.2 Å². The summed E-state index contributed by atoms with van der Waals surface area (Å²) in [6.07, 6.45) is 0.0130. The van der Waals surface area contributed by atoms with Crippen molar-refractivity contribution in [1.29, 1.82) is 0 Å². The maximum atomic E-state index is 12.3. The summed E-state index contributed by atoms with van der Waals surface area (Å²) >= 11 is 7.28. The second-order valence-electron chi connectivity index (χ2n) is 5.85. The van der Waals surface area contributed by atoms with Crippen LogP contribution in [0.1, 0.15) is 13.8 Å². The number of carbonyl (C=O) groups excluding carboxylic acids is 1. The molecule has 0 saturated carbocycles. The lowest BCUT2D eigenvalue weighted by molar-refractivity contribution is -0.113. The van der Waals surface area contributed by atoms with Gasteiger partial charge in [0.25, 0.3) is 5.22 Å². The quantitative estimate of drug-likeness (QED) is 0.565. The molecule has 0 unspecified atom stereocenters. The predicted octanol–water partition coefficient (Wildman–Crippen LogP) is 4.91. The molecule has 0 radical (unpaired) electrons. The van der Waals surface area contributed by atoms with Gasteiger partial charge in [0.1, 0.15) is 5.75 Å². The first-order valence-electron chi connectivity index (χ1n) is 8.29. The second-order valence-corrected chi connectivity index (χ2v) is 7.19. The number of hydrogen-bond donors (Lipinski definition) is 1. The first-order valence-corrected chi connectivity index (χ1v) is 9.66. The molecule has 0 aliphatic heterocycles. The highest BCUT2D eigenvalue weighted by Gasteiger charge is 2.14. The standard InChI is InChI=1S/C19H18ClN3O3S/c1-12(2)25-16-10-6-5-9-15(16)21-17(24)11-27-19-23-22-18(26-19)13-7-3-4-8-14(13)20/h3-10,12H,11H2,1-2H3,(H,21,24). The molecular formula is C19H18ClN3O3S. The summed E-state index contributed by atoms with van der Waals surface area (Å²) in [6, 6.07) is 14.5. The van der Waals surface area contributed by atoms with Crippen molar-refractivity contribution in [2.45, 2.75) is 25.2 Å². The van der Waals surface area contributed by atoms with Crippen LogP contribution >= 0.6 is 23.4 Å². The Balaban J connectivity index is 1.60. The zero-order valence-electron chi connectivity index (χ0n) is 14.8. The first-order chi connectivity index (χ1) is 13.0. The van der Waals surface area contributed by atoms with Crippen LogP contribution in [0.2, 0.25) is 5.02 Å². The highest BCUT2D eigenvalue weighted by molar-refractivity contribution is 7.99. The van der Waals surface area contributed by atoms with Crippen LogP contribution in [0.15, 0.2) is 58.2 Å². The molecule has 0 bridgehead atoms. The Hall–Kier alpha value is -2.51. The maximum absolute atomic E-state index is 12.3. The molecule has 0 aliphatic rings. The van der Waals surface area contributed by atoms with E-state index < -0.39 is 0 Å². The number of rotatable bonds is 7. The summed E-state index contributed by atoms with van der Waals surface area (Å²) in [4.78, 5) is 12.3. The van der Waals surface area contributed by atoms with Crippen LogP contribution in [-0.4, -0.2) is 28.0 Å². The van der Waals surface area contributed by atoms with Crippen molar-refractivity contribution in [2.24, 2.45) is 0 Å². The number of nitrogens with one attached hydrogen (secondary N) is 1. The van der Waals surface area contributed by atoms with Gasteiger partial charge in [-0.2, -0.15) is 0 Å². The third-order valence-electron chi connectivity index (χ3n) is 3.36. The van der Waals surface area contributed by atoms with Crippen molar-refractivity contribution in [3.63, 3.8) is 0 Å². The molecule has 1 heterocycles. The third-order valence-corrected chi connectivity index (χ3v) is 4.51. The average molecular weight is 404 g/mol. The third kappa shape index (κ3) is 5.24. The lowest BCUT2D eigenvalue weighted by atomic mass is 10.2. The van der Waals surface area contributed by atoms with Crippen molar-refractivity contribution in [3.05, 3.63) is 53.6 Å². The van der Waals surface area contributed by atoms with Gasteiger partial charge in [-0.3, -0.25) is 4.79 Å². The molecule has 0 aliphatic carbocycles. The monoisotopic (exact) mass is 403 g/mol. The van der Waals surface area contributed by atoms with Gasteiger partial charge in [-0.05, 0) is 38.1 Å². The smallest absolute Gasteiger partial charge is 0.277 e. The van der Waals surface area contributed by atoms with E-state index >= 15 is 0 Å². The van der Waals surface area contributed by atoms with Crippen LogP contribution in [0.25, 0.3) is 11.5 Å². The van der Waals surface area contributed by atoms with Gasteiger partial charge in [-0.25, -0.2) is 0 Å². The minimum absolute atomic E-state index is 0.0130. The van der Waals surface area contributed by atoms with Crippen molar-refractivity contribution < 1.29 is 13.9 Å². The summed E-state index contributed by atoms with van der Waals surface area (Å²) in [5, 5.41) is 11.6. The molecule has 140 valence electrons. The van der Waals surface area contributed by atoms with Gasteiger partial charge < -0.3 is 14.5 Å². The highest BCUT2D eigenvalue weighted by Crippen LogP contribution is 2.29. The molecule has 0 atom stereocenters. The number of amides is 1. The number of carbonyl (C=O) groups is 1. The van der Waals surface area contributed by atoms with E-state index in [2.05, 4.69) is 15.5 Å². The topological polar surface area (TPSA) is 77.2 Å². The number of thioether (sulfide) groups is 1. The van der Waals surface area contributed by atoms with Crippen LogP contribution in [-0.2, 0) is 4.79 Å². The lowest BCUT2D eigenvalue weighted by Gasteiger charge is -2.14. The largest absolute Gasteiger partial charge is 0.489 e. The number of benzene rings is 2. The van der Waals surface area contributed by atoms with E-state index in [4.69, 9.17) is 20.8 Å². The molecule has 0 spiro atoms. The van der Waals surface area contributed by atoms with Gasteiger partial charge in [0.05, 0.1) is 28.1 Å². The Kier molecular flexibility index (Phi) is 6.36. The number of hydrogen-bond acceptors (Lipinski definition) is 6. The minimum atomic E-state index is -0.197. The van der Waals surface area contributed by atoms with Gasteiger partial charge in [0.2, 0.25) is 11.8 Å². The summed E-state index contributed by atoms with van der Waals surface area (Å²) in [5.41, 5.74) is 1.28. The van der Waals surface area contributed by atoms with E-state index in [-0.39, 0.29) is 17.8 Å². The zero-order valence-corrected chi connectivity index (χ0v) is 16.4. The lowest BCUT2D eigenvalue weighted by Crippen LogP contribution is -2.16. The van der Waals surface area contributed by atoms with Crippen LogP contribution < -0.4 is 10.1 Å². The highest BCUT2D eigenvalue weighted by atomic mass is 35.5. The van der Waals surface area contributed by atoms with Gasteiger partial charge in [-0.1, -0.05) is 47.6 Å². The fourth-order valence-corrected chi connectivity index (χ4v) is 3.03. The Morgan fingerprint density at radius 2 is 1.93 bits per heavy atom. The van der Waals surface area contributed by atoms with E-state index in [1.165, 1.54) is 0 Å². The van der Waals surface area contributed by atoms with Crippen molar-refractivity contribution in [1.82, 2.24) is 10.2 Å². The van der Waals surface area contributed by atoms with E-state index in [0.29, 0.717) is 33.1 Å². The van der Waals surface area contributed by atoms with Crippen molar-refractivity contribution >= 4 is 35.0 Å². The van der Waals surface area contributed by atoms with Crippen LogP contribution in [0.5, 0.6) is 5.75 Å². The molecule has 3 rings (SSSR count). The number of ether oxygens (including phenoxy) is 1. The Labute approximate surface area is 166 Å².